The van der Waals surface area contributed by atoms with E-state index in [1.807, 2.05) is 6.92 Å². The van der Waals surface area contributed by atoms with Gasteiger partial charge in [-0.3, -0.25) is 0 Å². The van der Waals surface area contributed by atoms with Crippen LogP contribution < -0.4 is 10.1 Å². The minimum atomic E-state index is -0.214. The van der Waals surface area contributed by atoms with Crippen LogP contribution in [-0.4, -0.2) is 18.7 Å². The van der Waals surface area contributed by atoms with Gasteiger partial charge < -0.3 is 10.1 Å². The molecule has 2 nitrogen and oxygen atoms in total. The van der Waals surface area contributed by atoms with Crippen molar-refractivity contribution in [2.24, 2.45) is 5.41 Å². The second-order valence-electron chi connectivity index (χ2n) is 6.30. The van der Waals surface area contributed by atoms with Gasteiger partial charge in [0.25, 0.3) is 0 Å². The molecule has 0 saturated heterocycles. The number of aryl methyl sites for hydroxylation is 1. The van der Waals surface area contributed by atoms with Crippen LogP contribution >= 0.6 is 0 Å². The molecule has 2 aliphatic carbocycles. The fourth-order valence-corrected chi connectivity index (χ4v) is 4.00. The van der Waals surface area contributed by atoms with Crippen LogP contribution in [0.25, 0.3) is 0 Å². The van der Waals surface area contributed by atoms with Gasteiger partial charge in [-0.25, -0.2) is 4.39 Å². The Labute approximate surface area is 120 Å². The lowest BCUT2D eigenvalue weighted by molar-refractivity contribution is -0.0759. The Morgan fingerprint density at radius 1 is 1.35 bits per heavy atom. The highest BCUT2D eigenvalue weighted by Crippen LogP contribution is 2.54. The summed E-state index contributed by atoms with van der Waals surface area (Å²) >= 11 is 0. The lowest BCUT2D eigenvalue weighted by Crippen LogP contribution is -2.63. The molecule has 2 aliphatic rings. The molecule has 0 radical (unpaired) electrons. The minimum absolute atomic E-state index is 0.214. The molecule has 2 fully saturated rings. The minimum Gasteiger partial charge on any atom is -0.489 e. The highest BCUT2D eigenvalue weighted by atomic mass is 19.1. The number of nitrogens with one attached hydrogen (secondary N) is 1. The van der Waals surface area contributed by atoms with Crippen molar-refractivity contribution in [3.63, 3.8) is 0 Å². The van der Waals surface area contributed by atoms with Crippen molar-refractivity contribution < 1.29 is 9.13 Å². The van der Waals surface area contributed by atoms with Gasteiger partial charge in [0.15, 0.2) is 0 Å². The summed E-state index contributed by atoms with van der Waals surface area (Å²) in [7, 11) is 0. The van der Waals surface area contributed by atoms with Gasteiger partial charge in [0.2, 0.25) is 0 Å². The van der Waals surface area contributed by atoms with Crippen LogP contribution in [0.3, 0.4) is 0 Å². The first-order chi connectivity index (χ1) is 9.65. The number of benzene rings is 1. The quantitative estimate of drug-likeness (QED) is 0.903. The molecule has 2 saturated carbocycles. The van der Waals surface area contributed by atoms with E-state index >= 15 is 0 Å². The molecule has 3 rings (SSSR count). The molecule has 0 heterocycles. The van der Waals surface area contributed by atoms with Crippen molar-refractivity contribution >= 4 is 0 Å². The summed E-state index contributed by atoms with van der Waals surface area (Å²) in [5.41, 5.74) is 1.31. The molecular weight excluding hydrogens is 253 g/mol. The molecule has 0 aromatic heterocycles. The Morgan fingerprint density at radius 3 is 2.80 bits per heavy atom. The standard InChI is InChI=1S/C17H24FNO/c1-3-19-15-11-16(17(15)8-4-5-9-17)20-14-10-13(18)7-6-12(14)2/h6-7,10,15-16,19H,3-5,8-9,11H2,1-2H3. The second kappa shape index (κ2) is 5.36. The Kier molecular flexibility index (Phi) is 3.72. The van der Waals surface area contributed by atoms with Crippen LogP contribution in [-0.2, 0) is 0 Å². The molecule has 0 aliphatic heterocycles. The van der Waals surface area contributed by atoms with Crippen molar-refractivity contribution in [2.75, 3.05) is 6.54 Å². The second-order valence-corrected chi connectivity index (χ2v) is 6.30. The third-order valence-electron chi connectivity index (χ3n) is 5.19. The van der Waals surface area contributed by atoms with E-state index in [4.69, 9.17) is 4.74 Å². The molecule has 20 heavy (non-hydrogen) atoms. The number of rotatable bonds is 4. The van der Waals surface area contributed by atoms with Crippen LogP contribution in [0.15, 0.2) is 18.2 Å². The maximum Gasteiger partial charge on any atom is 0.126 e. The molecule has 1 aromatic rings. The van der Waals surface area contributed by atoms with Gasteiger partial charge in [0.05, 0.1) is 0 Å². The number of hydrogen-bond donors (Lipinski definition) is 1. The SMILES string of the molecule is CCNC1CC(Oc2cc(F)ccc2C)C12CCCC2. The lowest BCUT2D eigenvalue weighted by Gasteiger charge is -2.54. The van der Waals surface area contributed by atoms with Crippen LogP contribution in [0.1, 0.15) is 44.6 Å². The van der Waals surface area contributed by atoms with Gasteiger partial charge in [-0.2, -0.15) is 0 Å². The molecule has 3 heteroatoms. The van der Waals surface area contributed by atoms with Gasteiger partial charge in [-0.1, -0.05) is 25.8 Å². The van der Waals surface area contributed by atoms with Crippen molar-refractivity contribution in [1.82, 2.24) is 5.32 Å². The van der Waals surface area contributed by atoms with E-state index in [9.17, 15) is 4.39 Å². The number of ether oxygens (including phenoxy) is 1. The molecule has 110 valence electrons. The molecule has 2 atom stereocenters. The van der Waals surface area contributed by atoms with E-state index in [0.29, 0.717) is 6.04 Å². The fourth-order valence-electron chi connectivity index (χ4n) is 4.00. The van der Waals surface area contributed by atoms with E-state index in [-0.39, 0.29) is 17.3 Å². The van der Waals surface area contributed by atoms with E-state index in [0.717, 1.165) is 24.3 Å². The van der Waals surface area contributed by atoms with Crippen LogP contribution in [0.4, 0.5) is 4.39 Å². The Morgan fingerprint density at radius 2 is 2.10 bits per heavy atom. The van der Waals surface area contributed by atoms with Crippen LogP contribution in [0, 0.1) is 18.2 Å². The highest BCUT2D eigenvalue weighted by molar-refractivity contribution is 5.33. The Balaban J connectivity index is 1.76. The van der Waals surface area contributed by atoms with Gasteiger partial charge in [0.1, 0.15) is 17.7 Å². The molecular formula is C17H24FNO. The van der Waals surface area contributed by atoms with Crippen molar-refractivity contribution in [3.05, 3.63) is 29.6 Å². The molecule has 2 unspecified atom stereocenters. The average Bonchev–Trinajstić information content (AvgIpc) is 2.94. The largest absolute Gasteiger partial charge is 0.489 e. The third-order valence-corrected chi connectivity index (χ3v) is 5.19. The molecule has 1 aromatic carbocycles. The van der Waals surface area contributed by atoms with Gasteiger partial charge in [0, 0.05) is 23.9 Å². The molecule has 0 amide bonds. The summed E-state index contributed by atoms with van der Waals surface area (Å²) < 4.78 is 19.6. The predicted molar refractivity (Wildman–Crippen MR) is 78.5 cm³/mol. The van der Waals surface area contributed by atoms with Gasteiger partial charge in [-0.05, 0) is 37.9 Å². The molecule has 0 bridgehead atoms. The number of hydrogen-bond acceptors (Lipinski definition) is 2. The van der Waals surface area contributed by atoms with E-state index < -0.39 is 0 Å². The monoisotopic (exact) mass is 277 g/mol. The van der Waals surface area contributed by atoms with E-state index in [1.54, 1.807) is 6.07 Å². The topological polar surface area (TPSA) is 21.3 Å². The summed E-state index contributed by atoms with van der Waals surface area (Å²) in [6.45, 7) is 5.15. The zero-order chi connectivity index (χ0) is 14.2. The molecule has 1 spiro atoms. The van der Waals surface area contributed by atoms with Crippen molar-refractivity contribution in [2.45, 2.75) is 58.1 Å². The van der Waals surface area contributed by atoms with Crippen LogP contribution in [0.5, 0.6) is 5.75 Å². The molecule has 1 N–H and O–H groups in total. The third kappa shape index (κ3) is 2.22. The van der Waals surface area contributed by atoms with Crippen LogP contribution in [0.2, 0.25) is 0 Å². The average molecular weight is 277 g/mol. The van der Waals surface area contributed by atoms with Crippen molar-refractivity contribution in [1.29, 1.82) is 0 Å². The van der Waals surface area contributed by atoms with E-state index in [2.05, 4.69) is 12.2 Å². The van der Waals surface area contributed by atoms with Crippen molar-refractivity contribution in [3.8, 4) is 5.75 Å². The summed E-state index contributed by atoms with van der Waals surface area (Å²) in [5.74, 6) is 0.504. The maximum atomic E-state index is 13.4. The first kappa shape index (κ1) is 13.9. The normalized spacial score (nSPS) is 27.6. The smallest absolute Gasteiger partial charge is 0.126 e. The fraction of sp³-hybridized carbons (Fsp3) is 0.647. The van der Waals surface area contributed by atoms with Gasteiger partial charge >= 0.3 is 0 Å². The Hall–Kier alpha value is -1.09. The first-order valence-electron chi connectivity index (χ1n) is 7.82. The Bertz CT molecular complexity index is 482. The lowest BCUT2D eigenvalue weighted by atomic mass is 9.60. The van der Waals surface area contributed by atoms with Gasteiger partial charge in [-0.15, -0.1) is 0 Å². The highest BCUT2D eigenvalue weighted by Gasteiger charge is 2.57. The predicted octanol–water partition coefficient (Wildman–Crippen LogP) is 3.82. The van der Waals surface area contributed by atoms with E-state index in [1.165, 1.54) is 37.8 Å². The number of halogens is 1. The first-order valence-corrected chi connectivity index (χ1v) is 7.82. The zero-order valence-corrected chi connectivity index (χ0v) is 12.4. The summed E-state index contributed by atoms with van der Waals surface area (Å²) in [6.07, 6.45) is 6.36. The maximum absolute atomic E-state index is 13.4. The summed E-state index contributed by atoms with van der Waals surface area (Å²) in [6, 6.07) is 5.40. The zero-order valence-electron chi connectivity index (χ0n) is 12.4. The summed E-state index contributed by atoms with van der Waals surface area (Å²) in [5, 5.41) is 3.60. The summed E-state index contributed by atoms with van der Waals surface area (Å²) in [4.78, 5) is 0.